The van der Waals surface area contributed by atoms with Crippen LogP contribution in [0.5, 0.6) is 5.75 Å². The van der Waals surface area contributed by atoms with E-state index in [9.17, 15) is 4.79 Å². The van der Waals surface area contributed by atoms with Gasteiger partial charge in [0, 0.05) is 56.6 Å². The van der Waals surface area contributed by atoms with E-state index in [-0.39, 0.29) is 5.97 Å². The van der Waals surface area contributed by atoms with Crippen molar-refractivity contribution >= 4 is 23.4 Å². The molecule has 2 aliphatic rings. The Kier molecular flexibility index (Phi) is 9.35. The van der Waals surface area contributed by atoms with Crippen molar-refractivity contribution in [3.8, 4) is 5.75 Å². The van der Waals surface area contributed by atoms with E-state index in [1.54, 1.807) is 18.9 Å². The lowest BCUT2D eigenvalue weighted by Gasteiger charge is -2.47. The third-order valence-corrected chi connectivity index (χ3v) is 8.24. The SMILES string of the molecule is COC(=O)CC[C@@H]1CN(Cc2ccc(SC)cc2)CC[C@@H]1N1CCN(c2ccccc2OC)CC1. The second kappa shape index (κ2) is 12.7. The van der Waals surface area contributed by atoms with E-state index in [0.29, 0.717) is 18.4 Å². The molecule has 2 saturated heterocycles. The third-order valence-electron chi connectivity index (χ3n) is 7.50. The van der Waals surface area contributed by atoms with Crippen molar-refractivity contribution in [1.82, 2.24) is 9.80 Å². The first kappa shape index (κ1) is 25.9. The summed E-state index contributed by atoms with van der Waals surface area (Å²) in [6.07, 6.45) is 4.63. The summed E-state index contributed by atoms with van der Waals surface area (Å²) in [5, 5.41) is 0. The number of likely N-dealkylation sites (tertiary alicyclic amines) is 1. The second-order valence-electron chi connectivity index (χ2n) is 9.51. The van der Waals surface area contributed by atoms with Crippen LogP contribution in [-0.4, -0.2) is 81.6 Å². The number of piperazine rings is 1. The van der Waals surface area contributed by atoms with Crippen LogP contribution in [-0.2, 0) is 16.1 Å². The molecular formula is C28H39N3O3S. The molecule has 2 aromatic carbocycles. The van der Waals surface area contributed by atoms with E-state index < -0.39 is 0 Å². The minimum atomic E-state index is -0.102. The fourth-order valence-corrected chi connectivity index (χ4v) is 5.99. The van der Waals surface area contributed by atoms with Crippen LogP contribution in [0, 0.1) is 5.92 Å². The fraction of sp³-hybridized carbons (Fsp3) is 0.536. The number of nitrogens with zero attached hydrogens (tertiary/aromatic N) is 3. The Morgan fingerprint density at radius 2 is 1.74 bits per heavy atom. The van der Waals surface area contributed by atoms with Crippen LogP contribution < -0.4 is 9.64 Å². The minimum Gasteiger partial charge on any atom is -0.495 e. The summed E-state index contributed by atoms with van der Waals surface area (Å²) < 4.78 is 10.6. The van der Waals surface area contributed by atoms with Crippen LogP contribution in [0.25, 0.3) is 0 Å². The molecule has 7 heteroatoms. The van der Waals surface area contributed by atoms with Gasteiger partial charge < -0.3 is 14.4 Å². The molecule has 0 saturated carbocycles. The topological polar surface area (TPSA) is 45.2 Å². The van der Waals surface area contributed by atoms with Gasteiger partial charge in [-0.2, -0.15) is 0 Å². The number of esters is 1. The van der Waals surface area contributed by atoms with Gasteiger partial charge in [0.05, 0.1) is 19.9 Å². The van der Waals surface area contributed by atoms with Crippen molar-refractivity contribution in [2.45, 2.75) is 36.7 Å². The molecule has 2 aliphatic heterocycles. The van der Waals surface area contributed by atoms with Crippen molar-refractivity contribution in [2.75, 3.05) is 64.6 Å². The number of rotatable bonds is 9. The Morgan fingerprint density at radius 3 is 2.43 bits per heavy atom. The molecule has 0 unspecified atom stereocenters. The smallest absolute Gasteiger partial charge is 0.305 e. The standard InChI is InChI=1S/C28H39N3O3S/c1-33-27-7-5-4-6-26(27)31-18-16-30(17-19-31)25-14-15-29(21-23(25)10-13-28(32)34-2)20-22-8-11-24(35-3)12-9-22/h4-9,11-12,23,25H,10,13-21H2,1-3H3/t23-,25+/m1/s1. The molecule has 35 heavy (non-hydrogen) atoms. The number of carbonyl (C=O) groups is 1. The molecule has 0 N–H and O–H groups in total. The highest BCUT2D eigenvalue weighted by atomic mass is 32.2. The molecule has 0 radical (unpaired) electrons. The number of carbonyl (C=O) groups excluding carboxylic acids is 1. The van der Waals surface area contributed by atoms with Gasteiger partial charge in [-0.25, -0.2) is 0 Å². The molecular weight excluding hydrogens is 458 g/mol. The normalized spacial score (nSPS) is 21.6. The predicted octanol–water partition coefficient (Wildman–Crippen LogP) is 4.38. The van der Waals surface area contributed by atoms with Crippen molar-refractivity contribution in [3.63, 3.8) is 0 Å². The largest absolute Gasteiger partial charge is 0.495 e. The Hall–Kier alpha value is -2.22. The van der Waals surface area contributed by atoms with Gasteiger partial charge in [0.25, 0.3) is 0 Å². The zero-order chi connectivity index (χ0) is 24.6. The van der Waals surface area contributed by atoms with Gasteiger partial charge in [-0.15, -0.1) is 11.8 Å². The van der Waals surface area contributed by atoms with Gasteiger partial charge in [0.1, 0.15) is 5.75 Å². The summed E-state index contributed by atoms with van der Waals surface area (Å²) in [6, 6.07) is 17.7. The van der Waals surface area contributed by atoms with Gasteiger partial charge in [0.15, 0.2) is 0 Å². The number of methoxy groups -OCH3 is 2. The van der Waals surface area contributed by atoms with E-state index >= 15 is 0 Å². The molecule has 0 aliphatic carbocycles. The molecule has 2 atom stereocenters. The predicted molar refractivity (Wildman–Crippen MR) is 143 cm³/mol. The number of para-hydroxylation sites is 2. The molecule has 0 spiro atoms. The van der Waals surface area contributed by atoms with E-state index in [2.05, 4.69) is 57.4 Å². The van der Waals surface area contributed by atoms with Crippen LogP contribution in [0.4, 0.5) is 5.69 Å². The average molecular weight is 498 g/mol. The van der Waals surface area contributed by atoms with Crippen LogP contribution in [0.2, 0.25) is 0 Å². The zero-order valence-corrected chi connectivity index (χ0v) is 22.1. The molecule has 190 valence electrons. The van der Waals surface area contributed by atoms with Gasteiger partial charge in [-0.3, -0.25) is 14.6 Å². The van der Waals surface area contributed by atoms with E-state index in [0.717, 1.165) is 64.4 Å². The van der Waals surface area contributed by atoms with Gasteiger partial charge in [-0.1, -0.05) is 24.3 Å². The molecule has 0 aromatic heterocycles. The molecule has 4 rings (SSSR count). The Morgan fingerprint density at radius 1 is 1.00 bits per heavy atom. The maximum absolute atomic E-state index is 12.0. The Balaban J connectivity index is 1.39. The van der Waals surface area contributed by atoms with Crippen molar-refractivity contribution in [1.29, 1.82) is 0 Å². The van der Waals surface area contributed by atoms with E-state index in [1.807, 2.05) is 12.1 Å². The van der Waals surface area contributed by atoms with Crippen LogP contribution in [0.1, 0.15) is 24.8 Å². The monoisotopic (exact) mass is 497 g/mol. The maximum Gasteiger partial charge on any atom is 0.305 e. The first-order chi connectivity index (χ1) is 17.1. The van der Waals surface area contributed by atoms with Gasteiger partial charge >= 0.3 is 5.97 Å². The van der Waals surface area contributed by atoms with Crippen molar-refractivity contribution < 1.29 is 14.3 Å². The lowest BCUT2D eigenvalue weighted by Crippen LogP contribution is -2.56. The van der Waals surface area contributed by atoms with Crippen molar-refractivity contribution in [3.05, 3.63) is 54.1 Å². The lowest BCUT2D eigenvalue weighted by atomic mass is 9.86. The van der Waals surface area contributed by atoms with Crippen LogP contribution in [0.3, 0.4) is 0 Å². The third kappa shape index (κ3) is 6.72. The first-order valence-corrected chi connectivity index (χ1v) is 13.9. The molecule has 2 heterocycles. The molecule has 6 nitrogen and oxygen atoms in total. The van der Waals surface area contributed by atoms with E-state index in [4.69, 9.17) is 9.47 Å². The lowest BCUT2D eigenvalue weighted by molar-refractivity contribution is -0.141. The number of thioether (sulfide) groups is 1. The number of ether oxygens (including phenoxy) is 2. The average Bonchev–Trinajstić information content (AvgIpc) is 2.92. The van der Waals surface area contributed by atoms with Gasteiger partial charge in [-0.05, 0) is 61.4 Å². The summed E-state index contributed by atoms with van der Waals surface area (Å²) in [5.74, 6) is 1.30. The molecule has 2 fully saturated rings. The van der Waals surface area contributed by atoms with Gasteiger partial charge in [0.2, 0.25) is 0 Å². The summed E-state index contributed by atoms with van der Waals surface area (Å²) >= 11 is 1.78. The van der Waals surface area contributed by atoms with Crippen molar-refractivity contribution in [2.24, 2.45) is 5.92 Å². The quantitative estimate of drug-likeness (QED) is 0.376. The molecule has 0 amide bonds. The number of anilines is 1. The maximum atomic E-state index is 12.0. The summed E-state index contributed by atoms with van der Waals surface area (Å²) in [4.78, 5) is 20.9. The highest BCUT2D eigenvalue weighted by Gasteiger charge is 2.35. The zero-order valence-electron chi connectivity index (χ0n) is 21.3. The van der Waals surface area contributed by atoms with Crippen LogP contribution in [0.15, 0.2) is 53.4 Å². The highest BCUT2D eigenvalue weighted by Crippen LogP contribution is 2.32. The minimum absolute atomic E-state index is 0.102. The fourth-order valence-electron chi connectivity index (χ4n) is 5.58. The first-order valence-electron chi connectivity index (χ1n) is 12.7. The second-order valence-corrected chi connectivity index (χ2v) is 10.4. The van der Waals surface area contributed by atoms with E-state index in [1.165, 1.54) is 23.3 Å². The Bertz CT molecular complexity index is 947. The summed E-state index contributed by atoms with van der Waals surface area (Å²) in [5.41, 5.74) is 2.54. The molecule has 0 bridgehead atoms. The number of benzene rings is 2. The Labute approximate surface area is 214 Å². The number of hydrogen-bond acceptors (Lipinski definition) is 7. The molecule has 2 aromatic rings. The highest BCUT2D eigenvalue weighted by molar-refractivity contribution is 7.98. The number of piperidine rings is 1. The van der Waals surface area contributed by atoms with Crippen LogP contribution >= 0.6 is 11.8 Å². The number of hydrogen-bond donors (Lipinski definition) is 0. The summed E-state index contributed by atoms with van der Waals surface area (Å²) in [6.45, 7) is 7.14. The summed E-state index contributed by atoms with van der Waals surface area (Å²) in [7, 11) is 3.23.